The van der Waals surface area contributed by atoms with Crippen molar-refractivity contribution >= 4 is 21.8 Å². The topological polar surface area (TPSA) is 86.8 Å². The number of sulfone groups is 1. The normalized spacial score (nSPS) is 14.3. The number of urea groups is 1. The van der Waals surface area contributed by atoms with Gasteiger partial charge in [-0.25, -0.2) is 23.2 Å². The Bertz CT molecular complexity index is 944. The van der Waals surface area contributed by atoms with E-state index in [0.29, 0.717) is 26.1 Å². The van der Waals surface area contributed by atoms with Crippen LogP contribution >= 0.6 is 0 Å². The summed E-state index contributed by atoms with van der Waals surface area (Å²) in [7, 11) is -3.56. The molecule has 2 aromatic rings. The van der Waals surface area contributed by atoms with Crippen molar-refractivity contribution in [1.29, 1.82) is 0 Å². The van der Waals surface area contributed by atoms with E-state index in [0.717, 1.165) is 11.8 Å². The first kappa shape index (κ1) is 18.9. The van der Waals surface area contributed by atoms with Gasteiger partial charge in [-0.2, -0.15) is 0 Å². The third kappa shape index (κ3) is 4.28. The molecule has 0 aliphatic carbocycles. The highest BCUT2D eigenvalue weighted by Crippen LogP contribution is 2.21. The van der Waals surface area contributed by atoms with Crippen LogP contribution in [-0.2, 0) is 16.4 Å². The Morgan fingerprint density at radius 1 is 0.963 bits per heavy atom. The number of carbonyl (C=O) groups is 2. The minimum Gasteiger partial charge on any atom is -0.332 e. The first-order valence-electron chi connectivity index (χ1n) is 8.58. The molecule has 0 aromatic heterocycles. The highest BCUT2D eigenvalue weighted by Gasteiger charge is 2.33. The lowest BCUT2D eigenvalue weighted by molar-refractivity contribution is 0.0372. The Hall–Kier alpha value is -2.87. The molecule has 2 aromatic carbocycles. The molecule has 0 radical (unpaired) electrons. The van der Waals surface area contributed by atoms with Gasteiger partial charge in [-0.05, 0) is 24.1 Å². The Labute approximate surface area is 158 Å². The minimum absolute atomic E-state index is 0.0356. The fraction of sp³-hybridized carbons (Fsp3) is 0.263. The van der Waals surface area contributed by atoms with E-state index in [1.54, 1.807) is 12.1 Å². The van der Waals surface area contributed by atoms with Crippen LogP contribution in [0, 0.1) is 0 Å². The van der Waals surface area contributed by atoms with Gasteiger partial charge in [0.25, 0.3) is 5.91 Å². The van der Waals surface area contributed by atoms with E-state index in [1.807, 2.05) is 30.3 Å². The smallest absolute Gasteiger partial charge is 0.332 e. The average Bonchev–Trinajstić information content (AvgIpc) is 3.15. The summed E-state index contributed by atoms with van der Waals surface area (Å²) >= 11 is 0. The second kappa shape index (κ2) is 7.79. The van der Waals surface area contributed by atoms with Crippen LogP contribution in [0.5, 0.6) is 0 Å². The summed E-state index contributed by atoms with van der Waals surface area (Å²) in [5.74, 6) is -0.497. The summed E-state index contributed by atoms with van der Waals surface area (Å²) in [6.07, 6.45) is 1.69. The van der Waals surface area contributed by atoms with E-state index < -0.39 is 15.7 Å². The van der Waals surface area contributed by atoms with Gasteiger partial charge < -0.3 is 5.32 Å². The van der Waals surface area contributed by atoms with Crippen molar-refractivity contribution in [3.05, 3.63) is 65.7 Å². The third-order valence-corrected chi connectivity index (χ3v) is 5.46. The number of nitrogens with one attached hydrogen (secondary N) is 1. The predicted octanol–water partition coefficient (Wildman–Crippen LogP) is 2.06. The molecule has 1 N–H and O–H groups in total. The molecule has 0 atom stereocenters. The molecule has 1 aliphatic heterocycles. The van der Waals surface area contributed by atoms with Crippen LogP contribution in [-0.4, -0.2) is 49.7 Å². The number of rotatable bonds is 4. The largest absolute Gasteiger partial charge is 0.336 e. The molecular formula is C19H21N3O4S. The van der Waals surface area contributed by atoms with Crippen molar-refractivity contribution in [2.24, 2.45) is 0 Å². The van der Waals surface area contributed by atoms with Crippen LogP contribution in [0.1, 0.15) is 22.3 Å². The lowest BCUT2D eigenvalue weighted by Crippen LogP contribution is -2.49. The van der Waals surface area contributed by atoms with E-state index in [4.69, 9.17) is 0 Å². The summed E-state index contributed by atoms with van der Waals surface area (Å²) in [4.78, 5) is 25.5. The maximum atomic E-state index is 12.9. The lowest BCUT2D eigenvalue weighted by Gasteiger charge is -2.28. The van der Waals surface area contributed by atoms with Crippen LogP contribution in [0.25, 0.3) is 0 Å². The summed E-state index contributed by atoms with van der Waals surface area (Å²) in [6.45, 7) is 1.10. The van der Waals surface area contributed by atoms with Crippen LogP contribution in [0.2, 0.25) is 0 Å². The zero-order valence-electron chi connectivity index (χ0n) is 15.0. The third-order valence-electron chi connectivity index (χ3n) is 4.30. The van der Waals surface area contributed by atoms with Gasteiger partial charge in [-0.1, -0.05) is 42.5 Å². The zero-order chi connectivity index (χ0) is 19.4. The Morgan fingerprint density at radius 2 is 1.59 bits per heavy atom. The number of nitrogens with zero attached hydrogens (tertiary/aromatic N) is 2. The molecule has 3 rings (SSSR count). The van der Waals surface area contributed by atoms with Crippen molar-refractivity contribution in [2.45, 2.75) is 17.9 Å². The molecule has 3 amide bonds. The molecule has 8 heteroatoms. The van der Waals surface area contributed by atoms with E-state index in [2.05, 4.69) is 5.32 Å². The van der Waals surface area contributed by atoms with Crippen LogP contribution < -0.4 is 5.32 Å². The summed E-state index contributed by atoms with van der Waals surface area (Å²) in [6, 6.07) is 15.1. The molecule has 0 spiro atoms. The summed E-state index contributed by atoms with van der Waals surface area (Å²) < 4.78 is 24.0. The molecule has 0 bridgehead atoms. The summed E-state index contributed by atoms with van der Waals surface area (Å²) in [5, 5.41) is 5.44. The second-order valence-corrected chi connectivity index (χ2v) is 8.30. The van der Waals surface area contributed by atoms with Gasteiger partial charge in [0.2, 0.25) is 0 Å². The van der Waals surface area contributed by atoms with E-state index in [-0.39, 0.29) is 16.5 Å². The quantitative estimate of drug-likeness (QED) is 0.870. The number of hydrazine groups is 1. The van der Waals surface area contributed by atoms with Crippen LogP contribution in [0.15, 0.2) is 59.5 Å². The zero-order valence-corrected chi connectivity index (χ0v) is 15.8. The molecule has 7 nitrogen and oxygen atoms in total. The summed E-state index contributed by atoms with van der Waals surface area (Å²) in [5.41, 5.74) is 1.02. The van der Waals surface area contributed by atoms with Gasteiger partial charge >= 0.3 is 6.03 Å². The molecular weight excluding hydrogens is 366 g/mol. The number of carbonyl (C=O) groups excluding carboxylic acids is 2. The standard InChI is InChI=1S/C19H21N3O4S/c1-27(25,26)17-11-6-5-10-16(17)18(23)21-12-7-13-22(21)19(24)20-14-15-8-3-2-4-9-15/h2-6,8-11H,7,12-14H2,1H3,(H,20,24). The molecule has 0 saturated carbocycles. The highest BCUT2D eigenvalue weighted by atomic mass is 32.2. The molecule has 0 unspecified atom stereocenters. The minimum atomic E-state index is -3.56. The Balaban J connectivity index is 1.76. The maximum absolute atomic E-state index is 12.9. The van der Waals surface area contributed by atoms with Gasteiger partial charge in [-0.3, -0.25) is 4.79 Å². The van der Waals surface area contributed by atoms with Crippen LogP contribution in [0.3, 0.4) is 0 Å². The molecule has 142 valence electrons. The first-order chi connectivity index (χ1) is 12.9. The van der Waals surface area contributed by atoms with Gasteiger partial charge in [0.1, 0.15) is 0 Å². The van der Waals surface area contributed by atoms with Crippen molar-refractivity contribution in [1.82, 2.24) is 15.3 Å². The van der Waals surface area contributed by atoms with Crippen molar-refractivity contribution in [3.8, 4) is 0 Å². The van der Waals surface area contributed by atoms with E-state index >= 15 is 0 Å². The number of hydrogen-bond acceptors (Lipinski definition) is 4. The van der Waals surface area contributed by atoms with Gasteiger partial charge in [0, 0.05) is 25.9 Å². The lowest BCUT2D eigenvalue weighted by atomic mass is 10.2. The van der Waals surface area contributed by atoms with Gasteiger partial charge in [0.15, 0.2) is 9.84 Å². The number of amides is 3. The monoisotopic (exact) mass is 387 g/mol. The Morgan fingerprint density at radius 3 is 2.30 bits per heavy atom. The average molecular weight is 387 g/mol. The molecule has 1 fully saturated rings. The van der Waals surface area contributed by atoms with E-state index in [9.17, 15) is 18.0 Å². The number of hydrogen-bond donors (Lipinski definition) is 1. The van der Waals surface area contributed by atoms with E-state index in [1.165, 1.54) is 22.2 Å². The molecule has 1 aliphatic rings. The molecule has 1 heterocycles. The molecule has 1 saturated heterocycles. The first-order valence-corrected chi connectivity index (χ1v) is 10.5. The van der Waals surface area contributed by atoms with Crippen molar-refractivity contribution in [3.63, 3.8) is 0 Å². The molecule has 27 heavy (non-hydrogen) atoms. The second-order valence-electron chi connectivity index (χ2n) is 6.32. The predicted molar refractivity (Wildman–Crippen MR) is 101 cm³/mol. The van der Waals surface area contributed by atoms with Crippen molar-refractivity contribution in [2.75, 3.05) is 19.3 Å². The fourth-order valence-corrected chi connectivity index (χ4v) is 3.89. The SMILES string of the molecule is CS(=O)(=O)c1ccccc1C(=O)N1CCCN1C(=O)NCc1ccccc1. The van der Waals surface area contributed by atoms with Crippen molar-refractivity contribution < 1.29 is 18.0 Å². The van der Waals surface area contributed by atoms with Gasteiger partial charge in [0.05, 0.1) is 10.5 Å². The fourth-order valence-electron chi connectivity index (χ4n) is 3.00. The maximum Gasteiger partial charge on any atom is 0.336 e. The Kier molecular flexibility index (Phi) is 5.46. The van der Waals surface area contributed by atoms with Gasteiger partial charge in [-0.15, -0.1) is 0 Å². The number of benzene rings is 2. The van der Waals surface area contributed by atoms with Crippen LogP contribution in [0.4, 0.5) is 4.79 Å². The highest BCUT2D eigenvalue weighted by molar-refractivity contribution is 7.90.